The van der Waals surface area contributed by atoms with E-state index in [0.717, 1.165) is 24.0 Å². The molecule has 6 N–H and O–H groups in total. The summed E-state index contributed by atoms with van der Waals surface area (Å²) in [4.78, 5) is 113. The van der Waals surface area contributed by atoms with Crippen molar-refractivity contribution in [3.63, 3.8) is 0 Å². The van der Waals surface area contributed by atoms with E-state index in [1.165, 1.54) is 14.6 Å². The summed E-state index contributed by atoms with van der Waals surface area (Å²) >= 11 is 2.29. The number of alkyl halides is 1. The van der Waals surface area contributed by atoms with Gasteiger partial charge in [-0.3, -0.25) is 28.8 Å². The molecule has 8 atom stereocenters. The fourth-order valence-electron chi connectivity index (χ4n) is 16.4. The number of ketones is 2. The molecule has 0 aromatic heterocycles. The molecule has 4 fully saturated rings. The molecule has 21 heteroatoms. The Bertz CT molecular complexity index is 2940. The maximum absolute atomic E-state index is 14.3. The third kappa shape index (κ3) is 34.6. The van der Waals surface area contributed by atoms with Crippen LogP contribution in [-0.2, 0) is 51.1 Å². The predicted octanol–water partition coefficient (Wildman–Crippen LogP) is 17.4. The number of likely N-dealkylation sites (tertiary alicyclic amines) is 2. The van der Waals surface area contributed by atoms with Crippen LogP contribution in [-0.4, -0.2) is 166 Å². The minimum Gasteiger partial charge on any atom is -0.444 e. The first-order valence-corrected chi connectivity index (χ1v) is 42.5. The van der Waals surface area contributed by atoms with E-state index in [1.54, 1.807) is 51.3 Å². The summed E-state index contributed by atoms with van der Waals surface area (Å²) in [5.41, 5.74) is -1.17. The maximum atomic E-state index is 14.3. The van der Waals surface area contributed by atoms with Crippen LogP contribution in [0.1, 0.15) is 273 Å². The van der Waals surface area contributed by atoms with Crippen molar-refractivity contribution in [3.05, 3.63) is 96.1 Å². The summed E-state index contributed by atoms with van der Waals surface area (Å²) < 4.78 is 11.9. The molecule has 109 heavy (non-hydrogen) atoms. The minimum atomic E-state index is -0.777. The molecule has 2 aromatic carbocycles. The number of carbonyl (C=O) groups excluding carboxylic acids is 8. The lowest BCUT2D eigenvalue weighted by Crippen LogP contribution is -2.59. The van der Waals surface area contributed by atoms with Crippen LogP contribution in [0.5, 0.6) is 0 Å². The van der Waals surface area contributed by atoms with E-state index in [4.69, 9.17) is 9.47 Å². The van der Waals surface area contributed by atoms with Crippen LogP contribution in [0.25, 0.3) is 0 Å². The van der Waals surface area contributed by atoms with Crippen molar-refractivity contribution >= 4 is 70.0 Å². The van der Waals surface area contributed by atoms with Crippen LogP contribution in [0.4, 0.5) is 9.59 Å². The van der Waals surface area contributed by atoms with Gasteiger partial charge in [-0.05, 0) is 251 Å². The van der Waals surface area contributed by atoms with Crippen molar-refractivity contribution in [2.45, 2.75) is 332 Å². The normalized spacial score (nSPS) is 20.4. The number of halogens is 1. The molecule has 6 amide bonds. The van der Waals surface area contributed by atoms with Crippen LogP contribution in [0.2, 0.25) is 0 Å². The highest BCUT2D eigenvalue weighted by Crippen LogP contribution is 2.43. The van der Waals surface area contributed by atoms with Crippen molar-refractivity contribution in [2.75, 3.05) is 30.6 Å². The molecule has 618 valence electrons. The Labute approximate surface area is 671 Å². The number of benzene rings is 2. The van der Waals surface area contributed by atoms with Gasteiger partial charge >= 0.3 is 12.2 Å². The second kappa shape index (κ2) is 45.8. The third-order valence-electron chi connectivity index (χ3n) is 20.5. The van der Waals surface area contributed by atoms with Crippen molar-refractivity contribution < 1.29 is 58.2 Å². The van der Waals surface area contributed by atoms with E-state index in [1.807, 2.05) is 142 Å². The number of alkyl carbamates (subject to hydrolysis) is 2. The Kier molecular flexibility index (Phi) is 41.0. The molecule has 20 nitrogen and oxygen atoms in total. The number of carbonyl (C=O) groups is 8. The van der Waals surface area contributed by atoms with Gasteiger partial charge in [-0.2, -0.15) is 10.1 Å². The first kappa shape index (κ1) is 97.4. The lowest BCUT2D eigenvalue weighted by Gasteiger charge is -2.51. The van der Waals surface area contributed by atoms with Gasteiger partial charge in [0.25, 0.3) is 0 Å². The lowest BCUT2D eigenvalue weighted by atomic mass is 9.73. The monoisotopic (exact) mass is 1640 g/mol. The first-order chi connectivity index (χ1) is 50.8. The Hall–Kier alpha value is -5.75. The molecule has 4 saturated heterocycles. The summed E-state index contributed by atoms with van der Waals surface area (Å²) in [5.74, 6) is 0.0232. The SMILES string of the molecule is CC.CC(C)C[C@H](C)/C=C/[C@H](Cc1ccccc1)C(=O)N1CCC[C@@H]1C(=O)N[C@@H](CCCNC(=O)OC(C)(C)C)C(=O)CC1CC(C)(C)N(O)C(C)(C)C1.CC(C)C[C@H](C)/C=C/[C@H](Cc1ccccc1)C(=O)N1CCC[C@@H]1C(=O)N[C@@H](CCCNC(=O)OC(C)(C)C)C(=O)CC1CC(C)(C)N(O)C(C)(C)C1.CCI. The van der Waals surface area contributed by atoms with E-state index in [2.05, 4.69) is 104 Å². The van der Waals surface area contributed by atoms with Crippen molar-refractivity contribution in [1.29, 1.82) is 0 Å². The van der Waals surface area contributed by atoms with Gasteiger partial charge in [-0.1, -0.05) is 170 Å². The molecule has 0 bridgehead atoms. The molecular formula is C88H147IN8O12. The van der Waals surface area contributed by atoms with Gasteiger partial charge in [0.05, 0.1) is 23.9 Å². The van der Waals surface area contributed by atoms with E-state index < -0.39 is 81.5 Å². The highest BCUT2D eigenvalue weighted by molar-refractivity contribution is 14.1. The zero-order chi connectivity index (χ0) is 82.4. The highest BCUT2D eigenvalue weighted by atomic mass is 127. The number of piperidine rings is 2. The average Bonchev–Trinajstić information content (AvgIpc) is 1.56. The summed E-state index contributed by atoms with van der Waals surface area (Å²) in [6.07, 6.45) is 17.5. The Morgan fingerprint density at radius 1 is 0.523 bits per heavy atom. The Morgan fingerprint density at radius 2 is 0.826 bits per heavy atom. The minimum absolute atomic E-state index is 0.0216. The summed E-state index contributed by atoms with van der Waals surface area (Å²) in [7, 11) is 0. The fraction of sp³-hybridized carbons (Fsp3) is 0.727. The van der Waals surface area contributed by atoms with Crippen LogP contribution >= 0.6 is 22.6 Å². The number of hydrogen-bond acceptors (Lipinski definition) is 14. The molecule has 0 spiro atoms. The second-order valence-electron chi connectivity index (χ2n) is 36.2. The Balaban J connectivity index is 0.000000534. The lowest BCUT2D eigenvalue weighted by molar-refractivity contribution is -0.251. The number of amides is 6. The number of allylic oxidation sites excluding steroid dienone is 2. The molecule has 4 aliphatic heterocycles. The number of hydroxylamine groups is 4. The summed E-state index contributed by atoms with van der Waals surface area (Å²) in [6, 6.07) is 17.0. The smallest absolute Gasteiger partial charge is 0.407 e. The van der Waals surface area contributed by atoms with Gasteiger partial charge in [-0.25, -0.2) is 9.59 Å². The summed E-state index contributed by atoms with van der Waals surface area (Å²) in [6.45, 7) is 47.4. The predicted molar refractivity (Wildman–Crippen MR) is 447 cm³/mol. The molecule has 0 aliphatic carbocycles. The summed E-state index contributed by atoms with van der Waals surface area (Å²) in [5, 5.41) is 36.1. The average molecular weight is 1640 g/mol. The molecule has 4 aliphatic rings. The second-order valence-corrected chi connectivity index (χ2v) is 37.8. The number of nitrogens with zero attached hydrogens (tertiary/aromatic N) is 4. The molecule has 6 rings (SSSR count). The maximum Gasteiger partial charge on any atom is 0.407 e. The topological polar surface area (TPSA) is 257 Å². The number of hydrogen-bond donors (Lipinski definition) is 6. The fourth-order valence-corrected chi connectivity index (χ4v) is 16.4. The van der Waals surface area contributed by atoms with Crippen molar-refractivity contribution in [2.24, 2.45) is 47.3 Å². The number of rotatable bonds is 32. The van der Waals surface area contributed by atoms with Crippen molar-refractivity contribution in [1.82, 2.24) is 41.2 Å². The zero-order valence-electron chi connectivity index (χ0n) is 71.4. The van der Waals surface area contributed by atoms with E-state index in [0.29, 0.717) is 127 Å². The molecule has 0 saturated carbocycles. The highest BCUT2D eigenvalue weighted by Gasteiger charge is 2.48. The molecule has 4 heterocycles. The molecule has 0 radical (unpaired) electrons. The van der Waals surface area contributed by atoms with Gasteiger partial charge in [0, 0.05) is 61.2 Å². The van der Waals surface area contributed by atoms with Crippen LogP contribution in [0.3, 0.4) is 0 Å². The van der Waals surface area contributed by atoms with Crippen LogP contribution in [0.15, 0.2) is 85.0 Å². The molecule has 0 unspecified atom stereocenters. The van der Waals surface area contributed by atoms with Gasteiger partial charge in [0.1, 0.15) is 23.3 Å². The number of nitrogens with one attached hydrogen (secondary N) is 4. The van der Waals surface area contributed by atoms with E-state index in [9.17, 15) is 48.8 Å². The van der Waals surface area contributed by atoms with E-state index >= 15 is 0 Å². The number of Topliss-reactive ketones (excluding diaryl/α,β-unsaturated/α-hetero) is 2. The van der Waals surface area contributed by atoms with E-state index in [-0.39, 0.29) is 73.0 Å². The molecule has 2 aromatic rings. The largest absolute Gasteiger partial charge is 0.444 e. The zero-order valence-corrected chi connectivity index (χ0v) is 73.6. The van der Waals surface area contributed by atoms with Gasteiger partial charge in [0.15, 0.2) is 11.6 Å². The number of ether oxygens (including phenoxy) is 2. The van der Waals surface area contributed by atoms with Gasteiger partial charge in [-0.15, -0.1) is 0 Å². The quantitative estimate of drug-likeness (QED) is 0.0172. The van der Waals surface area contributed by atoms with Crippen LogP contribution < -0.4 is 21.3 Å². The third-order valence-corrected chi connectivity index (χ3v) is 20.5. The van der Waals surface area contributed by atoms with Crippen LogP contribution in [0, 0.1) is 47.3 Å². The standard InChI is InChI=1S/2C42H68N4O6.C2H5I.C2H6/c2*1-29(2)24-30(3)20-21-33(25-31-16-12-11-13-17-31)38(49)45-23-15-19-35(45)37(48)44-34(18-14-22-43-39(50)52-40(4,5)6)36(47)26-32-27-41(7,8)46(51)42(9,10)28-32;1-2-3;1-2/h2*11-13,16-17,20-21,29-30,32-35,51H,14-15,18-19,22-28H2,1-10H3,(H,43,50)(H,44,48);2H2,1H3;1-2H3/b2*21-20+;;/t2*30-,33-,34+,35-;;/m11../s1. The van der Waals surface area contributed by atoms with Crippen molar-refractivity contribution in [3.8, 4) is 0 Å². The molecular weight excluding hydrogens is 1490 g/mol. The Morgan fingerprint density at radius 3 is 1.11 bits per heavy atom. The first-order valence-electron chi connectivity index (χ1n) is 41.0. The van der Waals surface area contributed by atoms with Gasteiger partial charge < -0.3 is 51.0 Å². The van der Waals surface area contributed by atoms with Gasteiger partial charge in [0.2, 0.25) is 23.6 Å².